The molecule has 0 spiro atoms. The number of carbonyl (C=O) groups is 4. The standard InChI is InChI=1S/C41H53F3N6O9S/c1-5-25-18-24(2)8-6-7-9-27-22-41(27,59-38(54)48-60(55,56)39(3)11-12-39)47-34(51)31-20-28(58-35-29-21-30(42)32(57-4)19-26(29)10-15-45-35)23-50(31)36(52)33(25)46-37(53)49-16-13-40(43,44)14-17-49/h7,9-10,15,19,21,24-25,27-28,31,33H,5-6,8,11-14,16-18,20,22-23H2,1-4H3,(H,46,53)(H,47,51)(H,48,54)/b9-7-/t24-,25-,27-,28-,31+,33+,41-/m1/s1. The molecule has 3 N–H and O–H groups in total. The molecular weight excluding hydrogens is 810 g/mol. The van der Waals surface area contributed by atoms with Crippen LogP contribution in [0.1, 0.15) is 85.0 Å². The fraction of sp³-hybridized carbons (Fsp3) is 0.634. The molecule has 4 fully saturated rings. The third-order valence-corrected chi connectivity index (χ3v) is 14.9. The zero-order valence-electron chi connectivity index (χ0n) is 34.2. The summed E-state index contributed by atoms with van der Waals surface area (Å²) in [6.45, 7) is 4.87. The second-order valence-corrected chi connectivity index (χ2v) is 19.4. The van der Waals surface area contributed by atoms with E-state index in [9.17, 15) is 36.0 Å². The number of methoxy groups -OCH3 is 1. The van der Waals surface area contributed by atoms with Crippen molar-refractivity contribution >= 4 is 44.7 Å². The summed E-state index contributed by atoms with van der Waals surface area (Å²) in [6, 6.07) is 1.26. The highest BCUT2D eigenvalue weighted by Crippen LogP contribution is 2.47. The lowest BCUT2D eigenvalue weighted by molar-refractivity contribution is -0.142. The topological polar surface area (TPSA) is 186 Å². The maximum Gasteiger partial charge on any atom is 0.423 e. The number of urea groups is 1. The number of benzene rings is 1. The van der Waals surface area contributed by atoms with Crippen LogP contribution in [0.25, 0.3) is 10.8 Å². The molecule has 3 aliphatic heterocycles. The van der Waals surface area contributed by atoms with Crippen LogP contribution >= 0.6 is 0 Å². The Hall–Kier alpha value is -4.81. The van der Waals surface area contributed by atoms with Crippen molar-refractivity contribution in [1.82, 2.24) is 30.1 Å². The first-order chi connectivity index (χ1) is 28.4. The van der Waals surface area contributed by atoms with Gasteiger partial charge in [-0.25, -0.2) is 40.9 Å². The summed E-state index contributed by atoms with van der Waals surface area (Å²) in [5.41, 5.74) is -1.64. The van der Waals surface area contributed by atoms with E-state index in [0.29, 0.717) is 49.3 Å². The van der Waals surface area contributed by atoms with Crippen molar-refractivity contribution in [2.45, 2.75) is 120 Å². The van der Waals surface area contributed by atoms with Crippen LogP contribution in [0.2, 0.25) is 0 Å². The lowest BCUT2D eigenvalue weighted by atomic mass is 9.85. The van der Waals surface area contributed by atoms with Gasteiger partial charge in [0, 0.05) is 56.3 Å². The van der Waals surface area contributed by atoms with Crippen molar-refractivity contribution < 1.29 is 55.0 Å². The van der Waals surface area contributed by atoms with Gasteiger partial charge in [-0.3, -0.25) is 9.59 Å². The minimum absolute atomic E-state index is 0.0113. The molecule has 328 valence electrons. The smallest absolute Gasteiger partial charge is 0.423 e. The number of aromatic nitrogens is 1. The molecule has 19 heteroatoms. The molecule has 60 heavy (non-hydrogen) atoms. The number of nitrogens with one attached hydrogen (secondary N) is 3. The Labute approximate surface area is 347 Å². The van der Waals surface area contributed by atoms with Gasteiger partial charge >= 0.3 is 12.1 Å². The maximum atomic E-state index is 15.0. The van der Waals surface area contributed by atoms with Crippen LogP contribution in [0.3, 0.4) is 0 Å². The molecule has 5 amide bonds. The highest BCUT2D eigenvalue weighted by molar-refractivity contribution is 7.91. The van der Waals surface area contributed by atoms with Gasteiger partial charge in [-0.15, -0.1) is 0 Å². The molecule has 2 aliphatic carbocycles. The lowest BCUT2D eigenvalue weighted by Crippen LogP contribution is -2.59. The normalized spacial score (nSPS) is 30.7. The maximum absolute atomic E-state index is 15.0. The van der Waals surface area contributed by atoms with E-state index in [2.05, 4.69) is 15.6 Å². The van der Waals surface area contributed by atoms with Crippen molar-refractivity contribution in [3.63, 3.8) is 0 Å². The Morgan fingerprint density at radius 1 is 1.10 bits per heavy atom. The van der Waals surface area contributed by atoms with Crippen LogP contribution in [0.5, 0.6) is 11.6 Å². The monoisotopic (exact) mass is 862 g/mol. The first kappa shape index (κ1) is 43.3. The summed E-state index contributed by atoms with van der Waals surface area (Å²) >= 11 is 0. The second kappa shape index (κ2) is 16.6. The Morgan fingerprint density at radius 2 is 1.83 bits per heavy atom. The van der Waals surface area contributed by atoms with E-state index in [4.69, 9.17) is 14.2 Å². The number of ether oxygens (including phenoxy) is 3. The Morgan fingerprint density at radius 3 is 2.52 bits per heavy atom. The number of allylic oxidation sites excluding steroid dienone is 1. The van der Waals surface area contributed by atoms with E-state index in [1.807, 2.05) is 30.7 Å². The third kappa shape index (κ3) is 9.10. The predicted octanol–water partition coefficient (Wildman–Crippen LogP) is 5.38. The number of sulfonamides is 1. The van der Waals surface area contributed by atoms with Gasteiger partial charge < -0.3 is 34.6 Å². The molecular formula is C41H53F3N6O9S. The van der Waals surface area contributed by atoms with Gasteiger partial charge in [-0.2, -0.15) is 0 Å². The summed E-state index contributed by atoms with van der Waals surface area (Å²) in [5, 5.41) is 6.56. The summed E-state index contributed by atoms with van der Waals surface area (Å²) in [5.74, 6) is -5.71. The van der Waals surface area contributed by atoms with Gasteiger partial charge in [0.05, 0.1) is 18.4 Å². The van der Waals surface area contributed by atoms with Crippen molar-refractivity contribution in [2.75, 3.05) is 26.7 Å². The molecule has 2 saturated carbocycles. The first-order valence-corrected chi connectivity index (χ1v) is 22.1. The number of carbonyl (C=O) groups excluding carboxylic acids is 4. The van der Waals surface area contributed by atoms with E-state index < -0.39 is 99.0 Å². The van der Waals surface area contributed by atoms with Crippen molar-refractivity contribution in [1.29, 1.82) is 0 Å². The zero-order chi connectivity index (χ0) is 43.2. The van der Waals surface area contributed by atoms with E-state index in [1.54, 1.807) is 6.07 Å². The summed E-state index contributed by atoms with van der Waals surface area (Å²) in [6.07, 6.45) is 5.12. The van der Waals surface area contributed by atoms with Gasteiger partial charge in [0.2, 0.25) is 27.7 Å². The number of likely N-dealkylation sites (tertiary alicyclic amines) is 1. The van der Waals surface area contributed by atoms with Gasteiger partial charge in [0.15, 0.2) is 17.3 Å². The molecule has 4 heterocycles. The number of halogens is 3. The number of pyridine rings is 1. The van der Waals surface area contributed by atoms with Crippen LogP contribution in [-0.4, -0.2) is 108 Å². The highest BCUT2D eigenvalue weighted by atomic mass is 32.2. The van der Waals surface area contributed by atoms with Gasteiger partial charge in [0.1, 0.15) is 18.2 Å². The highest BCUT2D eigenvalue weighted by Gasteiger charge is 2.60. The summed E-state index contributed by atoms with van der Waals surface area (Å²) < 4.78 is 87.0. The Bertz CT molecular complexity index is 2150. The minimum atomic E-state index is -4.07. The molecule has 5 aliphatic rings. The van der Waals surface area contributed by atoms with Crippen LogP contribution in [0, 0.1) is 23.6 Å². The van der Waals surface area contributed by atoms with E-state index in [0.717, 1.165) is 0 Å². The number of piperidine rings is 1. The molecule has 1 aromatic heterocycles. The molecule has 2 aromatic rings. The van der Waals surface area contributed by atoms with Gasteiger partial charge in [-0.05, 0) is 74.4 Å². The summed E-state index contributed by atoms with van der Waals surface area (Å²) in [4.78, 5) is 63.4. The average molecular weight is 863 g/mol. The third-order valence-electron chi connectivity index (χ3n) is 12.7. The fourth-order valence-corrected chi connectivity index (χ4v) is 9.65. The van der Waals surface area contributed by atoms with Crippen molar-refractivity contribution in [2.24, 2.45) is 17.8 Å². The first-order valence-electron chi connectivity index (χ1n) is 20.6. The molecule has 0 bridgehead atoms. The van der Waals surface area contributed by atoms with Crippen LogP contribution in [0.15, 0.2) is 36.5 Å². The minimum Gasteiger partial charge on any atom is -0.494 e. The van der Waals surface area contributed by atoms with Gasteiger partial charge in [0.25, 0.3) is 5.92 Å². The number of hydrogen-bond acceptors (Lipinski definition) is 10. The SMILES string of the molecule is CC[C@@H]1C[C@H](C)CC/C=C\[C@@H]2C[C@]2(OC(=O)NS(=O)(=O)C2(C)CC2)NC(=O)[C@@H]2C[C@@H](Oc3nccc4cc(OC)c(F)cc34)CN2C(=O)[C@H]1NC(=O)N1CCC(F)(F)CC1. The number of fused-ring (bicyclic) bond motifs is 3. The van der Waals surface area contributed by atoms with Crippen molar-refractivity contribution in [3.05, 3.63) is 42.4 Å². The molecule has 0 unspecified atom stereocenters. The Kier molecular flexibility index (Phi) is 12.0. The fourth-order valence-electron chi connectivity index (χ4n) is 8.50. The number of amides is 5. The quantitative estimate of drug-likeness (QED) is 0.291. The average Bonchev–Trinajstić information content (AvgIpc) is 4.06. The van der Waals surface area contributed by atoms with E-state index in [1.165, 1.54) is 42.2 Å². The second-order valence-electron chi connectivity index (χ2n) is 17.2. The van der Waals surface area contributed by atoms with E-state index in [-0.39, 0.29) is 50.0 Å². The lowest BCUT2D eigenvalue weighted by Gasteiger charge is -2.37. The molecule has 7 atom stereocenters. The number of alkyl halides is 2. The van der Waals surface area contributed by atoms with Crippen molar-refractivity contribution in [3.8, 4) is 11.6 Å². The van der Waals surface area contributed by atoms with Crippen LogP contribution < -0.4 is 24.8 Å². The number of rotatable bonds is 8. The molecule has 15 nitrogen and oxygen atoms in total. The molecule has 2 saturated heterocycles. The molecule has 7 rings (SSSR count). The molecule has 1 aromatic carbocycles. The largest absolute Gasteiger partial charge is 0.494 e. The Balaban J connectivity index is 1.21. The number of nitrogens with zero attached hydrogens (tertiary/aromatic N) is 3. The van der Waals surface area contributed by atoms with Crippen LogP contribution in [0.4, 0.5) is 22.8 Å². The summed E-state index contributed by atoms with van der Waals surface area (Å²) in [7, 11) is -2.73. The zero-order valence-corrected chi connectivity index (χ0v) is 35.0. The van der Waals surface area contributed by atoms with Gasteiger partial charge in [-0.1, -0.05) is 32.4 Å². The van der Waals surface area contributed by atoms with Crippen LogP contribution in [-0.2, 0) is 24.3 Å². The predicted molar refractivity (Wildman–Crippen MR) is 212 cm³/mol. The van der Waals surface area contributed by atoms with E-state index >= 15 is 4.79 Å². The molecule has 0 radical (unpaired) electrons. The number of hydrogen-bond donors (Lipinski definition) is 3.